The topological polar surface area (TPSA) is 33.1 Å². The SMILES string of the molecule is OCc1ccc(-c2c(Cl)cc(Cl)cc2Cl)c(Cl)n1. The number of halogens is 4. The molecule has 0 unspecified atom stereocenters. The fourth-order valence-corrected chi connectivity index (χ4v) is 2.83. The van der Waals surface area contributed by atoms with Crippen molar-refractivity contribution in [3.8, 4) is 11.1 Å². The van der Waals surface area contributed by atoms with Gasteiger partial charge in [0.1, 0.15) is 5.15 Å². The van der Waals surface area contributed by atoms with Gasteiger partial charge in [0.2, 0.25) is 0 Å². The molecule has 0 amide bonds. The van der Waals surface area contributed by atoms with Crippen LogP contribution < -0.4 is 0 Å². The molecule has 1 N–H and O–H groups in total. The second-order valence-electron chi connectivity index (χ2n) is 3.54. The van der Waals surface area contributed by atoms with Crippen molar-refractivity contribution in [2.45, 2.75) is 6.61 Å². The molecule has 1 heterocycles. The summed E-state index contributed by atoms with van der Waals surface area (Å²) in [5.74, 6) is 0. The molecule has 6 heteroatoms. The van der Waals surface area contributed by atoms with Crippen molar-refractivity contribution in [2.75, 3.05) is 0 Å². The van der Waals surface area contributed by atoms with E-state index in [-0.39, 0.29) is 11.8 Å². The second-order valence-corrected chi connectivity index (χ2v) is 5.15. The molecule has 0 radical (unpaired) electrons. The third-order valence-corrected chi connectivity index (χ3v) is 3.45. The van der Waals surface area contributed by atoms with Crippen molar-refractivity contribution in [1.82, 2.24) is 4.98 Å². The lowest BCUT2D eigenvalue weighted by atomic mass is 10.1. The van der Waals surface area contributed by atoms with Gasteiger partial charge in [-0.05, 0) is 24.3 Å². The van der Waals surface area contributed by atoms with Gasteiger partial charge in [-0.15, -0.1) is 0 Å². The van der Waals surface area contributed by atoms with Crippen molar-refractivity contribution >= 4 is 46.4 Å². The molecule has 2 rings (SSSR count). The maximum atomic E-state index is 8.98. The maximum absolute atomic E-state index is 8.98. The van der Waals surface area contributed by atoms with Crippen LogP contribution in [0.25, 0.3) is 11.1 Å². The fraction of sp³-hybridized carbons (Fsp3) is 0.0833. The summed E-state index contributed by atoms with van der Waals surface area (Å²) >= 11 is 24.1. The van der Waals surface area contributed by atoms with E-state index >= 15 is 0 Å². The van der Waals surface area contributed by atoms with E-state index < -0.39 is 0 Å². The highest BCUT2D eigenvalue weighted by Gasteiger charge is 2.14. The lowest BCUT2D eigenvalue weighted by molar-refractivity contribution is 0.277. The molecule has 0 atom stereocenters. The molecule has 0 fully saturated rings. The molecule has 18 heavy (non-hydrogen) atoms. The van der Waals surface area contributed by atoms with Crippen LogP contribution in [0, 0.1) is 0 Å². The van der Waals surface area contributed by atoms with Gasteiger partial charge in [-0.3, -0.25) is 0 Å². The Hall–Kier alpha value is -0.510. The molecule has 1 aromatic carbocycles. The number of nitrogens with zero attached hydrogens (tertiary/aromatic N) is 1. The van der Waals surface area contributed by atoms with Crippen LogP contribution in [0.4, 0.5) is 0 Å². The van der Waals surface area contributed by atoms with Crippen molar-refractivity contribution in [3.63, 3.8) is 0 Å². The fourth-order valence-electron chi connectivity index (χ4n) is 1.55. The number of hydrogen-bond donors (Lipinski definition) is 1. The van der Waals surface area contributed by atoms with E-state index in [0.717, 1.165) is 0 Å². The van der Waals surface area contributed by atoms with Gasteiger partial charge in [-0.1, -0.05) is 46.4 Å². The summed E-state index contributed by atoms with van der Waals surface area (Å²) in [5.41, 5.74) is 1.65. The highest BCUT2D eigenvalue weighted by atomic mass is 35.5. The van der Waals surface area contributed by atoms with Crippen LogP contribution in [0.1, 0.15) is 5.69 Å². The standard InChI is InChI=1S/C12H7Cl4NO/c13-6-3-9(14)11(10(15)4-6)8-2-1-7(5-18)17-12(8)16/h1-4,18H,5H2. The molecule has 0 bridgehead atoms. The average molecular weight is 323 g/mol. The zero-order valence-corrected chi connectivity index (χ0v) is 11.9. The van der Waals surface area contributed by atoms with Gasteiger partial charge in [-0.2, -0.15) is 0 Å². The van der Waals surface area contributed by atoms with Crippen LogP contribution in [0.15, 0.2) is 24.3 Å². The van der Waals surface area contributed by atoms with Crippen LogP contribution in [0.5, 0.6) is 0 Å². The third-order valence-electron chi connectivity index (χ3n) is 2.34. The number of pyridine rings is 1. The maximum Gasteiger partial charge on any atom is 0.137 e. The number of rotatable bonds is 2. The smallest absolute Gasteiger partial charge is 0.137 e. The Kier molecular flexibility index (Phi) is 4.36. The minimum absolute atomic E-state index is 0.178. The van der Waals surface area contributed by atoms with Gasteiger partial charge in [-0.25, -0.2) is 4.98 Å². The van der Waals surface area contributed by atoms with E-state index in [1.165, 1.54) is 0 Å². The summed E-state index contributed by atoms with van der Waals surface area (Å²) in [5, 5.41) is 10.4. The summed E-state index contributed by atoms with van der Waals surface area (Å²) in [6.07, 6.45) is 0. The molecule has 2 aromatic rings. The molecular formula is C12H7Cl4NO. The molecule has 2 nitrogen and oxygen atoms in total. The summed E-state index contributed by atoms with van der Waals surface area (Å²) in [6.45, 7) is -0.178. The first-order chi connectivity index (χ1) is 8.52. The highest BCUT2D eigenvalue weighted by Crippen LogP contribution is 2.39. The van der Waals surface area contributed by atoms with Gasteiger partial charge in [0.25, 0.3) is 0 Å². The predicted octanol–water partition coefficient (Wildman–Crippen LogP) is 4.85. The first-order valence-corrected chi connectivity index (χ1v) is 6.45. The molecule has 0 aliphatic carbocycles. The molecule has 0 aliphatic rings. The Bertz CT molecular complexity index is 578. The molecule has 0 saturated carbocycles. The number of hydrogen-bond acceptors (Lipinski definition) is 2. The molecular weight excluding hydrogens is 316 g/mol. The molecule has 1 aromatic heterocycles. The first-order valence-electron chi connectivity index (χ1n) is 4.94. The molecule has 94 valence electrons. The van der Waals surface area contributed by atoms with Crippen LogP contribution in [-0.4, -0.2) is 10.1 Å². The van der Waals surface area contributed by atoms with Gasteiger partial charge >= 0.3 is 0 Å². The Balaban J connectivity index is 2.62. The first kappa shape index (κ1) is 13.9. The van der Waals surface area contributed by atoms with Crippen molar-refractivity contribution in [2.24, 2.45) is 0 Å². The lowest BCUT2D eigenvalue weighted by Crippen LogP contribution is -1.92. The zero-order valence-electron chi connectivity index (χ0n) is 8.92. The number of aliphatic hydroxyl groups is 1. The van der Waals surface area contributed by atoms with Crippen LogP contribution in [-0.2, 0) is 6.61 Å². The highest BCUT2D eigenvalue weighted by molar-refractivity contribution is 6.43. The molecule has 0 saturated heterocycles. The van der Waals surface area contributed by atoms with Gasteiger partial charge < -0.3 is 5.11 Å². The Morgan fingerprint density at radius 3 is 2.11 bits per heavy atom. The van der Waals surface area contributed by atoms with Gasteiger partial charge in [0.05, 0.1) is 22.3 Å². The Morgan fingerprint density at radius 2 is 1.61 bits per heavy atom. The number of aliphatic hydroxyl groups excluding tert-OH is 1. The zero-order chi connectivity index (χ0) is 13.3. The van der Waals surface area contributed by atoms with Gasteiger partial charge in [0.15, 0.2) is 0 Å². The monoisotopic (exact) mass is 321 g/mol. The average Bonchev–Trinajstić information content (AvgIpc) is 2.29. The van der Waals surface area contributed by atoms with E-state index in [1.807, 2.05) is 0 Å². The minimum Gasteiger partial charge on any atom is -0.390 e. The number of benzene rings is 1. The number of aromatic nitrogens is 1. The third kappa shape index (κ3) is 2.73. The lowest BCUT2D eigenvalue weighted by Gasteiger charge is -2.10. The summed E-state index contributed by atoms with van der Waals surface area (Å²) in [7, 11) is 0. The van der Waals surface area contributed by atoms with Crippen molar-refractivity contribution < 1.29 is 5.11 Å². The summed E-state index contributed by atoms with van der Waals surface area (Å²) in [6, 6.07) is 6.53. The minimum atomic E-state index is -0.178. The normalized spacial score (nSPS) is 10.7. The Labute approximate surface area is 124 Å². The van der Waals surface area contributed by atoms with Crippen LogP contribution in [0.3, 0.4) is 0 Å². The Morgan fingerprint density at radius 1 is 1.00 bits per heavy atom. The largest absolute Gasteiger partial charge is 0.390 e. The quantitative estimate of drug-likeness (QED) is 0.801. The van der Waals surface area contributed by atoms with E-state index in [2.05, 4.69) is 4.98 Å². The van der Waals surface area contributed by atoms with E-state index in [4.69, 9.17) is 51.5 Å². The second kappa shape index (κ2) is 5.64. The molecule has 0 spiro atoms. The van der Waals surface area contributed by atoms with E-state index in [1.54, 1.807) is 24.3 Å². The van der Waals surface area contributed by atoms with Crippen LogP contribution in [0.2, 0.25) is 20.2 Å². The predicted molar refractivity (Wildman–Crippen MR) is 75.6 cm³/mol. The summed E-state index contributed by atoms with van der Waals surface area (Å²) in [4.78, 5) is 4.04. The van der Waals surface area contributed by atoms with E-state index in [9.17, 15) is 0 Å². The van der Waals surface area contributed by atoms with Crippen LogP contribution >= 0.6 is 46.4 Å². The van der Waals surface area contributed by atoms with Crippen molar-refractivity contribution in [3.05, 3.63) is 50.2 Å². The van der Waals surface area contributed by atoms with Gasteiger partial charge in [0, 0.05) is 16.1 Å². The van der Waals surface area contributed by atoms with Crippen molar-refractivity contribution in [1.29, 1.82) is 0 Å². The molecule has 0 aliphatic heterocycles. The summed E-state index contributed by atoms with van der Waals surface area (Å²) < 4.78 is 0. The van der Waals surface area contributed by atoms with E-state index in [0.29, 0.717) is 31.9 Å².